The lowest BCUT2D eigenvalue weighted by atomic mass is 10.0. The molecule has 0 saturated carbocycles. The van der Waals surface area contributed by atoms with Crippen molar-refractivity contribution in [1.29, 1.82) is 0 Å². The van der Waals surface area contributed by atoms with Gasteiger partial charge in [0.05, 0.1) is 6.33 Å². The van der Waals surface area contributed by atoms with Gasteiger partial charge in [0.2, 0.25) is 0 Å². The number of alkyl carbamates (subject to hydrolysis) is 1. The molecule has 0 aromatic carbocycles. The molecule has 0 unspecified atom stereocenters. The average molecular weight is 370 g/mol. The Kier molecular flexibility index (Phi) is 7.68. The summed E-state index contributed by atoms with van der Waals surface area (Å²) in [4.78, 5) is 16.2. The van der Waals surface area contributed by atoms with Gasteiger partial charge < -0.3 is 19.4 Å². The van der Waals surface area contributed by atoms with Crippen molar-refractivity contribution in [3.63, 3.8) is 0 Å². The van der Waals surface area contributed by atoms with E-state index in [0.717, 1.165) is 18.3 Å². The van der Waals surface area contributed by atoms with E-state index in [1.807, 2.05) is 38.5 Å². The average Bonchev–Trinajstić information content (AvgIpc) is 2.87. The minimum absolute atomic E-state index is 0.0766. The SMILES string of the molecule is C[C@@H](NC(=O)OC(C)(C)C)[C@@H](C)c1cncn1COCC[Si](C)(C)C. The summed E-state index contributed by atoms with van der Waals surface area (Å²) in [7, 11) is -1.08. The van der Waals surface area contributed by atoms with Crippen molar-refractivity contribution < 1.29 is 14.3 Å². The lowest BCUT2D eigenvalue weighted by molar-refractivity contribution is 0.0500. The summed E-state index contributed by atoms with van der Waals surface area (Å²) in [6, 6.07) is 1.07. The Morgan fingerprint density at radius 1 is 1.32 bits per heavy atom. The number of hydrogen-bond donors (Lipinski definition) is 1. The number of imidazole rings is 1. The minimum Gasteiger partial charge on any atom is -0.444 e. The molecule has 0 aliphatic carbocycles. The summed E-state index contributed by atoms with van der Waals surface area (Å²) < 4.78 is 13.1. The lowest BCUT2D eigenvalue weighted by Crippen LogP contribution is -2.40. The van der Waals surface area contributed by atoms with Gasteiger partial charge in [-0.3, -0.25) is 0 Å². The van der Waals surface area contributed by atoms with Gasteiger partial charge in [-0.2, -0.15) is 0 Å². The van der Waals surface area contributed by atoms with Crippen molar-refractivity contribution in [2.24, 2.45) is 0 Å². The van der Waals surface area contributed by atoms with E-state index in [0.29, 0.717) is 6.73 Å². The predicted molar refractivity (Wildman–Crippen MR) is 104 cm³/mol. The molecule has 0 radical (unpaired) electrons. The molecule has 1 N–H and O–H groups in total. The van der Waals surface area contributed by atoms with Gasteiger partial charge in [-0.1, -0.05) is 26.6 Å². The number of hydrogen-bond acceptors (Lipinski definition) is 4. The first kappa shape index (κ1) is 21.7. The molecular weight excluding hydrogens is 334 g/mol. The van der Waals surface area contributed by atoms with E-state index < -0.39 is 19.8 Å². The Morgan fingerprint density at radius 2 is 1.96 bits per heavy atom. The monoisotopic (exact) mass is 369 g/mol. The first-order valence-electron chi connectivity index (χ1n) is 8.96. The number of carbonyl (C=O) groups excluding carboxylic acids is 1. The summed E-state index contributed by atoms with van der Waals surface area (Å²) in [5, 5.41) is 2.90. The highest BCUT2D eigenvalue weighted by Gasteiger charge is 2.23. The highest BCUT2D eigenvalue weighted by Crippen LogP contribution is 2.20. The van der Waals surface area contributed by atoms with Crippen LogP contribution < -0.4 is 5.32 Å². The van der Waals surface area contributed by atoms with Gasteiger partial charge in [-0.15, -0.1) is 0 Å². The number of aromatic nitrogens is 2. The minimum atomic E-state index is -1.08. The number of nitrogens with zero attached hydrogens (tertiary/aromatic N) is 2. The lowest BCUT2D eigenvalue weighted by Gasteiger charge is -2.25. The summed E-state index contributed by atoms with van der Waals surface area (Å²) in [6.45, 7) is 17.9. The molecule has 25 heavy (non-hydrogen) atoms. The molecule has 1 heterocycles. The van der Waals surface area contributed by atoms with E-state index in [-0.39, 0.29) is 12.0 Å². The highest BCUT2D eigenvalue weighted by molar-refractivity contribution is 6.76. The van der Waals surface area contributed by atoms with E-state index in [1.165, 1.54) is 0 Å². The second-order valence-corrected chi connectivity index (χ2v) is 14.5. The highest BCUT2D eigenvalue weighted by atomic mass is 28.3. The number of ether oxygens (including phenoxy) is 2. The van der Waals surface area contributed by atoms with Crippen LogP contribution >= 0.6 is 0 Å². The van der Waals surface area contributed by atoms with Crippen molar-refractivity contribution in [1.82, 2.24) is 14.9 Å². The smallest absolute Gasteiger partial charge is 0.407 e. The van der Waals surface area contributed by atoms with Crippen molar-refractivity contribution in [3.05, 3.63) is 18.2 Å². The maximum absolute atomic E-state index is 12.0. The Labute approximate surface area is 153 Å². The molecule has 0 fully saturated rings. The van der Waals surface area contributed by atoms with Crippen LogP contribution in [0.3, 0.4) is 0 Å². The molecule has 1 aromatic heterocycles. The van der Waals surface area contributed by atoms with Gasteiger partial charge >= 0.3 is 6.09 Å². The van der Waals surface area contributed by atoms with Crippen LogP contribution in [-0.4, -0.2) is 42.0 Å². The summed E-state index contributed by atoms with van der Waals surface area (Å²) in [5.74, 6) is 0.0932. The fourth-order valence-electron chi connectivity index (χ4n) is 2.23. The number of amides is 1. The zero-order valence-corrected chi connectivity index (χ0v) is 18.0. The maximum Gasteiger partial charge on any atom is 0.407 e. The first-order valence-corrected chi connectivity index (χ1v) is 12.7. The second-order valence-electron chi connectivity index (χ2n) is 8.86. The van der Waals surface area contributed by atoms with Crippen LogP contribution in [-0.2, 0) is 16.2 Å². The van der Waals surface area contributed by atoms with Crippen LogP contribution in [0.15, 0.2) is 12.5 Å². The summed E-state index contributed by atoms with van der Waals surface area (Å²) >= 11 is 0. The molecule has 1 aromatic rings. The Morgan fingerprint density at radius 3 is 2.52 bits per heavy atom. The van der Waals surface area contributed by atoms with Crippen LogP contribution in [0.1, 0.15) is 46.2 Å². The largest absolute Gasteiger partial charge is 0.444 e. The Hall–Kier alpha value is -1.34. The summed E-state index contributed by atoms with van der Waals surface area (Å²) in [5.41, 5.74) is 0.538. The van der Waals surface area contributed by atoms with E-state index >= 15 is 0 Å². The van der Waals surface area contributed by atoms with Gasteiger partial charge in [0.15, 0.2) is 0 Å². The van der Waals surface area contributed by atoms with Crippen LogP contribution in [0.5, 0.6) is 0 Å². The molecule has 6 nitrogen and oxygen atoms in total. The molecular formula is C18H35N3O3Si. The van der Waals surface area contributed by atoms with E-state index in [4.69, 9.17) is 9.47 Å². The van der Waals surface area contributed by atoms with E-state index in [9.17, 15) is 4.79 Å². The normalized spacial score (nSPS) is 14.9. The maximum atomic E-state index is 12.0. The Balaban J connectivity index is 2.57. The fraction of sp³-hybridized carbons (Fsp3) is 0.778. The second kappa shape index (κ2) is 8.85. The number of carbonyl (C=O) groups is 1. The molecule has 0 spiro atoms. The van der Waals surface area contributed by atoms with Crippen molar-refractivity contribution in [2.45, 2.75) is 84.6 Å². The number of nitrogens with one attached hydrogen (secondary N) is 1. The van der Waals surface area contributed by atoms with E-state index in [2.05, 4.69) is 36.9 Å². The van der Waals surface area contributed by atoms with Crippen LogP contribution in [0.25, 0.3) is 0 Å². The quantitative estimate of drug-likeness (QED) is 0.550. The van der Waals surface area contributed by atoms with Gasteiger partial charge in [-0.05, 0) is 33.7 Å². The molecule has 0 aliphatic heterocycles. The fourth-order valence-corrected chi connectivity index (χ4v) is 2.99. The van der Waals surface area contributed by atoms with Gasteiger partial charge in [0.25, 0.3) is 0 Å². The van der Waals surface area contributed by atoms with Gasteiger partial charge in [0, 0.05) is 38.5 Å². The third-order valence-electron chi connectivity index (χ3n) is 3.93. The van der Waals surface area contributed by atoms with Crippen LogP contribution in [0, 0.1) is 0 Å². The Bertz CT molecular complexity index is 546. The molecule has 2 atom stereocenters. The van der Waals surface area contributed by atoms with Crippen molar-refractivity contribution >= 4 is 14.2 Å². The third kappa shape index (κ3) is 8.53. The first-order chi connectivity index (χ1) is 11.4. The predicted octanol–water partition coefficient (Wildman–Crippen LogP) is 4.21. The molecule has 144 valence electrons. The van der Waals surface area contributed by atoms with Crippen LogP contribution in [0.4, 0.5) is 4.79 Å². The van der Waals surface area contributed by atoms with Gasteiger partial charge in [-0.25, -0.2) is 9.78 Å². The molecule has 1 rings (SSSR count). The van der Waals surface area contributed by atoms with Crippen molar-refractivity contribution in [3.8, 4) is 0 Å². The molecule has 1 amide bonds. The molecule has 0 aliphatic rings. The molecule has 0 saturated heterocycles. The third-order valence-corrected chi connectivity index (χ3v) is 5.64. The van der Waals surface area contributed by atoms with Gasteiger partial charge in [0.1, 0.15) is 12.3 Å². The zero-order chi connectivity index (χ0) is 19.3. The standard InChI is InChI=1S/C18H35N3O3Si/c1-14(15(2)20-17(22)24-18(3,4)5)16-11-19-12-21(16)13-23-9-10-25(6,7)8/h11-12,14-15H,9-10,13H2,1-8H3,(H,20,22)/t14-,15-/m1/s1. The molecule has 0 bridgehead atoms. The van der Waals surface area contributed by atoms with Crippen LogP contribution in [0.2, 0.25) is 25.7 Å². The number of rotatable bonds is 8. The van der Waals surface area contributed by atoms with Crippen molar-refractivity contribution in [2.75, 3.05) is 6.61 Å². The zero-order valence-electron chi connectivity index (χ0n) is 17.0. The summed E-state index contributed by atoms with van der Waals surface area (Å²) in [6.07, 6.45) is 3.21. The molecule has 7 heteroatoms. The van der Waals surface area contributed by atoms with E-state index in [1.54, 1.807) is 6.33 Å². The topological polar surface area (TPSA) is 65.4 Å².